The van der Waals surface area contributed by atoms with Crippen LogP contribution in [0.4, 0.5) is 0 Å². The first kappa shape index (κ1) is 21.1. The molecule has 1 N–H and O–H groups in total. The van der Waals surface area contributed by atoms with Gasteiger partial charge in [0.1, 0.15) is 5.82 Å². The van der Waals surface area contributed by atoms with Gasteiger partial charge in [-0.3, -0.25) is 0 Å². The van der Waals surface area contributed by atoms with E-state index in [1.54, 1.807) is 4.31 Å². The number of nitrogens with one attached hydrogen (secondary N) is 1. The van der Waals surface area contributed by atoms with Crippen molar-refractivity contribution < 1.29 is 8.42 Å². The highest BCUT2D eigenvalue weighted by atomic mass is 32.2. The number of aryl methyl sites for hydroxylation is 2. The zero-order valence-electron chi connectivity index (χ0n) is 18.5. The van der Waals surface area contributed by atoms with Gasteiger partial charge in [-0.05, 0) is 60.9 Å². The molecule has 2 aromatic carbocycles. The first-order valence-electron chi connectivity index (χ1n) is 10.6. The highest BCUT2D eigenvalue weighted by Crippen LogP contribution is 2.34. The molecule has 0 bridgehead atoms. The lowest BCUT2D eigenvalue weighted by Crippen LogP contribution is -2.38. The lowest BCUT2D eigenvalue weighted by molar-refractivity contribution is 0.314. The van der Waals surface area contributed by atoms with Crippen LogP contribution in [-0.4, -0.2) is 35.8 Å². The first-order chi connectivity index (χ1) is 14.1. The lowest BCUT2D eigenvalue weighted by Gasteiger charge is -2.31. The number of fused-ring (bicyclic) bond motifs is 1. The number of hydrogen-bond acceptors (Lipinski definition) is 3. The number of benzene rings is 2. The fourth-order valence-electron chi connectivity index (χ4n) is 4.45. The van der Waals surface area contributed by atoms with Gasteiger partial charge in [-0.15, -0.1) is 0 Å². The summed E-state index contributed by atoms with van der Waals surface area (Å²) in [5.74, 6) is 1.23. The predicted molar refractivity (Wildman–Crippen MR) is 121 cm³/mol. The average Bonchev–Trinajstić information content (AvgIpc) is 3.11. The molecule has 0 saturated carbocycles. The van der Waals surface area contributed by atoms with Gasteiger partial charge in [-0.25, -0.2) is 13.4 Å². The fourth-order valence-corrected chi connectivity index (χ4v) is 6.34. The third kappa shape index (κ3) is 3.79. The molecular formula is C24H31N3O2S. The van der Waals surface area contributed by atoms with E-state index in [1.807, 2.05) is 50.2 Å². The molecule has 30 heavy (non-hydrogen) atoms. The van der Waals surface area contributed by atoms with Crippen molar-refractivity contribution in [2.24, 2.45) is 0 Å². The molecule has 1 aliphatic rings. The summed E-state index contributed by atoms with van der Waals surface area (Å²) in [6.07, 6.45) is 1.55. The Hall–Kier alpha value is -2.18. The van der Waals surface area contributed by atoms with E-state index in [0.29, 0.717) is 18.0 Å². The van der Waals surface area contributed by atoms with E-state index in [-0.39, 0.29) is 11.3 Å². The fraction of sp³-hybridized carbons (Fsp3) is 0.458. The third-order valence-electron chi connectivity index (χ3n) is 6.17. The van der Waals surface area contributed by atoms with Gasteiger partial charge >= 0.3 is 0 Å². The van der Waals surface area contributed by atoms with Crippen LogP contribution in [-0.2, 0) is 15.4 Å². The van der Waals surface area contributed by atoms with Crippen LogP contribution < -0.4 is 0 Å². The van der Waals surface area contributed by atoms with E-state index in [4.69, 9.17) is 4.98 Å². The molecule has 1 fully saturated rings. The van der Waals surface area contributed by atoms with Crippen molar-refractivity contribution in [3.63, 3.8) is 0 Å². The van der Waals surface area contributed by atoms with E-state index >= 15 is 0 Å². The second-order valence-corrected chi connectivity index (χ2v) is 11.4. The molecule has 0 atom stereocenters. The molecule has 0 amide bonds. The first-order valence-corrected chi connectivity index (χ1v) is 12.1. The minimum Gasteiger partial charge on any atom is -0.342 e. The maximum absolute atomic E-state index is 13.5. The number of hydrogen-bond donors (Lipinski definition) is 1. The van der Waals surface area contributed by atoms with Crippen LogP contribution in [0.15, 0.2) is 41.3 Å². The summed E-state index contributed by atoms with van der Waals surface area (Å²) in [6, 6.07) is 12.1. The lowest BCUT2D eigenvalue weighted by atomic mass is 9.85. The van der Waals surface area contributed by atoms with Crippen LogP contribution in [0.2, 0.25) is 0 Å². The zero-order chi connectivity index (χ0) is 21.7. The van der Waals surface area contributed by atoms with Gasteiger partial charge in [0.2, 0.25) is 10.0 Å². The summed E-state index contributed by atoms with van der Waals surface area (Å²) in [4.78, 5) is 8.60. The summed E-state index contributed by atoms with van der Waals surface area (Å²) in [5.41, 5.74) is 4.82. The highest BCUT2D eigenvalue weighted by molar-refractivity contribution is 7.89. The molecule has 0 radical (unpaired) electrons. The molecule has 1 aromatic heterocycles. The molecule has 0 unspecified atom stereocenters. The number of sulfonamides is 1. The molecule has 5 nitrogen and oxygen atoms in total. The molecule has 160 valence electrons. The Bertz CT molecular complexity index is 1120. The predicted octanol–water partition coefficient (Wildman–Crippen LogP) is 5.05. The molecule has 4 rings (SSSR count). The summed E-state index contributed by atoms with van der Waals surface area (Å²) < 4.78 is 28.6. The van der Waals surface area contributed by atoms with E-state index in [2.05, 4.69) is 25.8 Å². The molecule has 1 aliphatic heterocycles. The number of aromatic nitrogens is 2. The van der Waals surface area contributed by atoms with Crippen molar-refractivity contribution in [1.82, 2.24) is 14.3 Å². The molecule has 0 aliphatic carbocycles. The number of H-pyrrole nitrogens is 1. The Kier molecular flexibility index (Phi) is 5.27. The Balaban J connectivity index is 1.55. The summed E-state index contributed by atoms with van der Waals surface area (Å²) >= 11 is 0. The Morgan fingerprint density at radius 3 is 2.20 bits per heavy atom. The van der Waals surface area contributed by atoms with Crippen LogP contribution in [0.3, 0.4) is 0 Å². The molecular weight excluding hydrogens is 394 g/mol. The number of aromatic amines is 1. The van der Waals surface area contributed by atoms with Crippen molar-refractivity contribution in [2.45, 2.75) is 63.7 Å². The average molecular weight is 426 g/mol. The van der Waals surface area contributed by atoms with Crippen molar-refractivity contribution in [3.8, 4) is 0 Å². The molecule has 3 aromatic rings. The second kappa shape index (κ2) is 7.50. The van der Waals surface area contributed by atoms with E-state index < -0.39 is 10.0 Å². The SMILES string of the molecule is Cc1cc(C(C)(C)C)cc(C)c1S(=O)(=O)N1CCC(c2nc3ccccc3[nH]2)CC1. The van der Waals surface area contributed by atoms with Crippen LogP contribution in [0, 0.1) is 13.8 Å². The second-order valence-electron chi connectivity index (χ2n) is 9.51. The standard InChI is InChI=1S/C24H31N3O2S/c1-16-14-19(24(3,4)5)15-17(2)22(16)30(28,29)27-12-10-18(11-13-27)23-25-20-8-6-7-9-21(20)26-23/h6-9,14-15,18H,10-13H2,1-5H3,(H,25,26). The maximum atomic E-state index is 13.5. The van der Waals surface area contributed by atoms with Gasteiger partial charge < -0.3 is 4.98 Å². The molecule has 6 heteroatoms. The monoisotopic (exact) mass is 425 g/mol. The summed E-state index contributed by atoms with van der Waals surface area (Å²) in [6.45, 7) is 11.3. The van der Waals surface area contributed by atoms with E-state index in [0.717, 1.165) is 40.8 Å². The van der Waals surface area contributed by atoms with Gasteiger partial charge in [0.25, 0.3) is 0 Å². The summed E-state index contributed by atoms with van der Waals surface area (Å²) in [5, 5.41) is 0. The van der Waals surface area contributed by atoms with E-state index in [1.165, 1.54) is 5.56 Å². The number of nitrogens with zero attached hydrogens (tertiary/aromatic N) is 2. The van der Waals surface area contributed by atoms with Gasteiger partial charge in [-0.2, -0.15) is 4.31 Å². The van der Waals surface area contributed by atoms with Gasteiger partial charge in [-0.1, -0.05) is 45.0 Å². The van der Waals surface area contributed by atoms with Crippen molar-refractivity contribution >= 4 is 21.1 Å². The minimum absolute atomic E-state index is 0.0112. The molecule has 2 heterocycles. The number of piperidine rings is 1. The van der Waals surface area contributed by atoms with Crippen molar-refractivity contribution in [1.29, 1.82) is 0 Å². The number of imidazole rings is 1. The number of para-hydroxylation sites is 2. The van der Waals surface area contributed by atoms with Gasteiger partial charge in [0.15, 0.2) is 0 Å². The Labute approximate surface area is 179 Å². The van der Waals surface area contributed by atoms with Crippen molar-refractivity contribution in [2.75, 3.05) is 13.1 Å². The van der Waals surface area contributed by atoms with Crippen LogP contribution >= 0.6 is 0 Å². The smallest absolute Gasteiger partial charge is 0.243 e. The summed E-state index contributed by atoms with van der Waals surface area (Å²) in [7, 11) is -3.51. The number of rotatable bonds is 3. The van der Waals surface area contributed by atoms with Crippen LogP contribution in [0.1, 0.15) is 62.0 Å². The zero-order valence-corrected chi connectivity index (χ0v) is 19.3. The van der Waals surface area contributed by atoms with Gasteiger partial charge in [0.05, 0.1) is 15.9 Å². The normalized spacial score (nSPS) is 17.0. The van der Waals surface area contributed by atoms with Gasteiger partial charge in [0, 0.05) is 19.0 Å². The highest BCUT2D eigenvalue weighted by Gasteiger charge is 2.33. The van der Waals surface area contributed by atoms with Crippen LogP contribution in [0.25, 0.3) is 11.0 Å². The molecule has 0 spiro atoms. The Morgan fingerprint density at radius 2 is 1.63 bits per heavy atom. The van der Waals surface area contributed by atoms with E-state index in [9.17, 15) is 8.42 Å². The van der Waals surface area contributed by atoms with Crippen molar-refractivity contribution in [3.05, 3.63) is 58.9 Å². The minimum atomic E-state index is -3.51. The Morgan fingerprint density at radius 1 is 1.03 bits per heavy atom. The van der Waals surface area contributed by atoms with Crippen LogP contribution in [0.5, 0.6) is 0 Å². The molecule has 1 saturated heterocycles. The third-order valence-corrected chi connectivity index (χ3v) is 8.38. The maximum Gasteiger partial charge on any atom is 0.243 e. The quantitative estimate of drug-likeness (QED) is 0.639. The largest absolute Gasteiger partial charge is 0.342 e. The topological polar surface area (TPSA) is 66.1 Å².